The van der Waals surface area contributed by atoms with Crippen LogP contribution in [0.1, 0.15) is 350 Å². The molecule has 0 spiro atoms. The zero-order chi connectivity index (χ0) is 50.5. The normalized spacial score (nSPS) is 12.9. The van der Waals surface area contributed by atoms with Gasteiger partial charge in [0, 0.05) is 19.3 Å². The van der Waals surface area contributed by atoms with Crippen molar-refractivity contribution >= 4 is 17.9 Å². The minimum atomic E-state index is -0.764. The van der Waals surface area contributed by atoms with E-state index in [1.54, 1.807) is 0 Å². The van der Waals surface area contributed by atoms with Gasteiger partial charge in [-0.25, -0.2) is 0 Å². The van der Waals surface area contributed by atoms with Crippen molar-refractivity contribution in [3.63, 3.8) is 0 Å². The quantitative estimate of drug-likeness (QED) is 0.0343. The van der Waals surface area contributed by atoms with E-state index in [-0.39, 0.29) is 31.1 Å². The Balaban J connectivity index is 4.28. The van der Waals surface area contributed by atoms with Gasteiger partial charge in [-0.15, -0.1) is 0 Å². The Labute approximate surface area is 431 Å². The second-order valence-electron chi connectivity index (χ2n) is 22.7. The first-order chi connectivity index (χ1) is 33.7. The molecule has 69 heavy (non-hydrogen) atoms. The molecule has 0 heterocycles. The SMILES string of the molecule is CCC(C)CCCCCCCCCCCCCCCCC(=O)OC[C@@H](COC(=O)CCCCCCCCCCCCCCCCCCC(C)C)OC(=O)CCCCCCCCCCCCC(C)CC. The summed E-state index contributed by atoms with van der Waals surface area (Å²) >= 11 is 0. The van der Waals surface area contributed by atoms with E-state index >= 15 is 0 Å². The van der Waals surface area contributed by atoms with Gasteiger partial charge in [-0.2, -0.15) is 0 Å². The summed E-state index contributed by atoms with van der Waals surface area (Å²) in [5.74, 6) is 1.78. The van der Waals surface area contributed by atoms with Crippen molar-refractivity contribution in [1.82, 2.24) is 0 Å². The number of carbonyl (C=O) groups is 3. The van der Waals surface area contributed by atoms with Crippen molar-refractivity contribution in [1.29, 1.82) is 0 Å². The van der Waals surface area contributed by atoms with Crippen molar-refractivity contribution < 1.29 is 28.6 Å². The number of carbonyl (C=O) groups excluding carboxylic acids is 3. The van der Waals surface area contributed by atoms with E-state index in [9.17, 15) is 14.4 Å². The molecule has 410 valence electrons. The van der Waals surface area contributed by atoms with Crippen LogP contribution in [-0.2, 0) is 28.6 Å². The van der Waals surface area contributed by atoms with Crippen molar-refractivity contribution in [2.24, 2.45) is 17.8 Å². The van der Waals surface area contributed by atoms with Crippen LogP contribution in [0.25, 0.3) is 0 Å². The highest BCUT2D eigenvalue weighted by molar-refractivity contribution is 5.71. The third-order valence-electron chi connectivity index (χ3n) is 15.1. The maximum Gasteiger partial charge on any atom is 0.306 e. The van der Waals surface area contributed by atoms with E-state index in [1.807, 2.05) is 0 Å². The Morgan fingerprint density at radius 1 is 0.290 bits per heavy atom. The highest BCUT2D eigenvalue weighted by atomic mass is 16.6. The van der Waals surface area contributed by atoms with E-state index in [1.165, 1.54) is 231 Å². The first-order valence-corrected chi connectivity index (χ1v) is 31.2. The van der Waals surface area contributed by atoms with Gasteiger partial charge in [-0.1, -0.05) is 311 Å². The van der Waals surface area contributed by atoms with Crippen LogP contribution < -0.4 is 0 Å². The molecule has 0 fully saturated rings. The van der Waals surface area contributed by atoms with Gasteiger partial charge in [0.25, 0.3) is 0 Å². The summed E-state index contributed by atoms with van der Waals surface area (Å²) in [6.07, 6.45) is 58.0. The molecule has 0 aromatic heterocycles. The molecule has 6 heteroatoms. The summed E-state index contributed by atoms with van der Waals surface area (Å²) in [6.45, 7) is 13.9. The molecule has 3 atom stereocenters. The molecule has 0 N–H and O–H groups in total. The van der Waals surface area contributed by atoms with Gasteiger partial charge in [0.2, 0.25) is 0 Å². The lowest BCUT2D eigenvalue weighted by Gasteiger charge is -2.18. The Bertz CT molecular complexity index is 1070. The average molecular weight is 976 g/mol. The molecule has 6 nitrogen and oxygen atoms in total. The largest absolute Gasteiger partial charge is 0.462 e. The van der Waals surface area contributed by atoms with Crippen molar-refractivity contribution in [3.8, 4) is 0 Å². The maximum absolute atomic E-state index is 12.9. The fraction of sp³-hybridized carbons (Fsp3) is 0.952. The molecule has 0 rings (SSSR count). The second-order valence-corrected chi connectivity index (χ2v) is 22.7. The van der Waals surface area contributed by atoms with E-state index in [0.29, 0.717) is 19.3 Å². The molecule has 0 aromatic rings. The van der Waals surface area contributed by atoms with Gasteiger partial charge in [-0.3, -0.25) is 14.4 Å². The fourth-order valence-electron chi connectivity index (χ4n) is 9.64. The summed E-state index contributed by atoms with van der Waals surface area (Å²) in [6, 6.07) is 0. The van der Waals surface area contributed by atoms with Crippen LogP contribution in [0.5, 0.6) is 0 Å². The molecule has 0 saturated carbocycles. The van der Waals surface area contributed by atoms with E-state index in [0.717, 1.165) is 75.5 Å². The third-order valence-corrected chi connectivity index (χ3v) is 15.1. The van der Waals surface area contributed by atoms with Crippen LogP contribution in [0.2, 0.25) is 0 Å². The van der Waals surface area contributed by atoms with E-state index in [2.05, 4.69) is 41.5 Å². The van der Waals surface area contributed by atoms with Gasteiger partial charge >= 0.3 is 17.9 Å². The lowest BCUT2D eigenvalue weighted by Crippen LogP contribution is -2.30. The molecule has 0 bridgehead atoms. The Morgan fingerprint density at radius 3 is 0.754 bits per heavy atom. The van der Waals surface area contributed by atoms with Crippen molar-refractivity contribution in [2.75, 3.05) is 13.2 Å². The monoisotopic (exact) mass is 975 g/mol. The standard InChI is InChI=1S/C63H122O6/c1-7-58(5)50-44-38-32-26-20-16-13-14-18-22-29-35-41-47-53-62(65)68-56-60(69-63(66)54-48-42-36-30-24-23-27-33-39-45-51-59(6)8-2)55-67-61(64)52-46-40-34-28-21-17-12-10-9-11-15-19-25-31-37-43-49-57(3)4/h57-60H,7-56H2,1-6H3/t58?,59?,60-/m1/s1. The third kappa shape index (κ3) is 54.0. The highest BCUT2D eigenvalue weighted by Gasteiger charge is 2.19. The summed E-state index contributed by atoms with van der Waals surface area (Å²) < 4.78 is 16.9. The minimum absolute atomic E-state index is 0.0631. The van der Waals surface area contributed by atoms with E-state index in [4.69, 9.17) is 14.2 Å². The van der Waals surface area contributed by atoms with Crippen LogP contribution in [0.3, 0.4) is 0 Å². The average Bonchev–Trinajstić information content (AvgIpc) is 3.34. The van der Waals surface area contributed by atoms with Crippen LogP contribution >= 0.6 is 0 Å². The lowest BCUT2D eigenvalue weighted by molar-refractivity contribution is -0.167. The second kappa shape index (κ2) is 54.2. The number of ether oxygens (including phenoxy) is 3. The number of hydrogen-bond acceptors (Lipinski definition) is 6. The van der Waals surface area contributed by atoms with Crippen LogP contribution in [0.4, 0.5) is 0 Å². The molecule has 2 unspecified atom stereocenters. The fourth-order valence-corrected chi connectivity index (χ4v) is 9.64. The number of esters is 3. The zero-order valence-corrected chi connectivity index (χ0v) is 47.6. The predicted molar refractivity (Wildman–Crippen MR) is 298 cm³/mol. The lowest BCUT2D eigenvalue weighted by atomic mass is 9.99. The van der Waals surface area contributed by atoms with Crippen LogP contribution in [-0.4, -0.2) is 37.2 Å². The molecule has 0 amide bonds. The van der Waals surface area contributed by atoms with Gasteiger partial charge in [-0.05, 0) is 37.0 Å². The molecule has 0 aliphatic heterocycles. The van der Waals surface area contributed by atoms with Crippen molar-refractivity contribution in [3.05, 3.63) is 0 Å². The molecule has 0 aliphatic rings. The van der Waals surface area contributed by atoms with Crippen LogP contribution in [0.15, 0.2) is 0 Å². The molecular weight excluding hydrogens is 853 g/mol. The predicted octanol–water partition coefficient (Wildman–Crippen LogP) is 20.7. The summed E-state index contributed by atoms with van der Waals surface area (Å²) in [7, 11) is 0. The molecular formula is C63H122O6. The first kappa shape index (κ1) is 67.4. The van der Waals surface area contributed by atoms with Gasteiger partial charge in [0.15, 0.2) is 6.10 Å². The Morgan fingerprint density at radius 2 is 0.507 bits per heavy atom. The molecule has 0 aliphatic carbocycles. The topological polar surface area (TPSA) is 78.9 Å². The Kier molecular flexibility index (Phi) is 52.9. The molecule has 0 aromatic carbocycles. The molecule has 0 saturated heterocycles. The van der Waals surface area contributed by atoms with Crippen LogP contribution in [0, 0.1) is 17.8 Å². The van der Waals surface area contributed by atoms with E-state index < -0.39 is 6.10 Å². The maximum atomic E-state index is 12.9. The number of rotatable bonds is 56. The summed E-state index contributed by atoms with van der Waals surface area (Å²) in [5, 5.41) is 0. The van der Waals surface area contributed by atoms with Gasteiger partial charge < -0.3 is 14.2 Å². The van der Waals surface area contributed by atoms with Crippen molar-refractivity contribution in [2.45, 2.75) is 356 Å². The first-order valence-electron chi connectivity index (χ1n) is 31.2. The smallest absolute Gasteiger partial charge is 0.306 e. The van der Waals surface area contributed by atoms with Gasteiger partial charge in [0.05, 0.1) is 0 Å². The zero-order valence-electron chi connectivity index (χ0n) is 47.6. The molecule has 0 radical (unpaired) electrons. The van der Waals surface area contributed by atoms with Gasteiger partial charge in [0.1, 0.15) is 13.2 Å². The Hall–Kier alpha value is -1.59. The summed E-state index contributed by atoms with van der Waals surface area (Å²) in [4.78, 5) is 38.3. The number of hydrogen-bond donors (Lipinski definition) is 0. The minimum Gasteiger partial charge on any atom is -0.462 e. The summed E-state index contributed by atoms with van der Waals surface area (Å²) in [5.41, 5.74) is 0. The highest BCUT2D eigenvalue weighted by Crippen LogP contribution is 2.20. The number of unbranched alkanes of at least 4 members (excludes halogenated alkanes) is 37.